The summed E-state index contributed by atoms with van der Waals surface area (Å²) in [5.74, 6) is -0.496. The third kappa shape index (κ3) is 3.42. The molecular weight excluding hydrogens is 218 g/mol. The minimum Gasteiger partial charge on any atom is -0.460 e. The third-order valence-electron chi connectivity index (χ3n) is 1.73. The first-order valence-electron chi connectivity index (χ1n) is 4.36. The lowest BCUT2D eigenvalue weighted by Crippen LogP contribution is -2.10. The molecule has 0 bridgehead atoms. The number of rotatable bonds is 4. The van der Waals surface area contributed by atoms with Crippen molar-refractivity contribution in [1.29, 1.82) is 0 Å². The summed E-state index contributed by atoms with van der Waals surface area (Å²) >= 11 is 5.82. The molecule has 0 atom stereocenters. The first-order chi connectivity index (χ1) is 7.15. The second-order valence-electron chi connectivity index (χ2n) is 2.87. The Morgan fingerprint density at radius 3 is 2.87 bits per heavy atom. The highest BCUT2D eigenvalue weighted by Gasteiger charge is 2.11. The van der Waals surface area contributed by atoms with Crippen LogP contribution < -0.4 is 5.73 Å². The van der Waals surface area contributed by atoms with E-state index < -0.39 is 5.97 Å². The molecule has 0 aliphatic rings. The molecule has 0 unspecified atom stereocenters. The molecule has 1 rings (SSSR count). The minimum atomic E-state index is -0.496. The zero-order valence-electron chi connectivity index (χ0n) is 8.33. The molecular formula is C10H12ClNO3. The van der Waals surface area contributed by atoms with Crippen molar-refractivity contribution in [3.8, 4) is 0 Å². The van der Waals surface area contributed by atoms with Crippen LogP contribution in [0.5, 0.6) is 0 Å². The van der Waals surface area contributed by atoms with Gasteiger partial charge in [-0.05, 0) is 18.2 Å². The second-order valence-corrected chi connectivity index (χ2v) is 3.28. The van der Waals surface area contributed by atoms with E-state index >= 15 is 0 Å². The first-order valence-corrected chi connectivity index (χ1v) is 4.74. The van der Waals surface area contributed by atoms with Gasteiger partial charge < -0.3 is 15.2 Å². The number of hydrogen-bond acceptors (Lipinski definition) is 4. The molecule has 0 saturated carbocycles. The fourth-order valence-corrected chi connectivity index (χ4v) is 1.19. The SMILES string of the molecule is COCCOC(=O)c1cc(N)ccc1Cl. The number of methoxy groups -OCH3 is 1. The molecule has 0 radical (unpaired) electrons. The number of nitrogen functional groups attached to an aromatic ring is 1. The number of hydrogen-bond donors (Lipinski definition) is 1. The molecule has 1 aromatic carbocycles. The highest BCUT2D eigenvalue weighted by atomic mass is 35.5. The van der Waals surface area contributed by atoms with Gasteiger partial charge >= 0.3 is 5.97 Å². The smallest absolute Gasteiger partial charge is 0.339 e. The van der Waals surface area contributed by atoms with Gasteiger partial charge in [-0.3, -0.25) is 0 Å². The zero-order chi connectivity index (χ0) is 11.3. The Bertz CT molecular complexity index is 355. The van der Waals surface area contributed by atoms with Crippen LogP contribution in [0.1, 0.15) is 10.4 Å². The Kier molecular flexibility index (Phi) is 4.39. The monoisotopic (exact) mass is 229 g/mol. The van der Waals surface area contributed by atoms with Crippen molar-refractivity contribution < 1.29 is 14.3 Å². The highest BCUT2D eigenvalue weighted by Crippen LogP contribution is 2.19. The number of carbonyl (C=O) groups is 1. The van der Waals surface area contributed by atoms with Gasteiger partial charge in [0.05, 0.1) is 17.2 Å². The molecule has 82 valence electrons. The lowest BCUT2D eigenvalue weighted by Gasteiger charge is -2.06. The standard InChI is InChI=1S/C10H12ClNO3/c1-14-4-5-15-10(13)8-6-7(12)2-3-9(8)11/h2-3,6H,4-5,12H2,1H3. The molecule has 0 amide bonds. The van der Waals surface area contributed by atoms with E-state index in [1.807, 2.05) is 0 Å². The Morgan fingerprint density at radius 2 is 2.20 bits per heavy atom. The molecule has 0 spiro atoms. The molecule has 4 nitrogen and oxygen atoms in total. The summed E-state index contributed by atoms with van der Waals surface area (Å²) in [5, 5.41) is 0.326. The van der Waals surface area contributed by atoms with E-state index in [-0.39, 0.29) is 12.2 Å². The average molecular weight is 230 g/mol. The maximum Gasteiger partial charge on any atom is 0.339 e. The van der Waals surface area contributed by atoms with Crippen molar-refractivity contribution >= 4 is 23.3 Å². The molecule has 0 heterocycles. The van der Waals surface area contributed by atoms with Gasteiger partial charge in [0.25, 0.3) is 0 Å². The summed E-state index contributed by atoms with van der Waals surface area (Å²) in [6.45, 7) is 0.548. The Morgan fingerprint density at radius 1 is 1.47 bits per heavy atom. The van der Waals surface area contributed by atoms with Crippen LogP contribution in [0.4, 0.5) is 5.69 Å². The minimum absolute atomic E-state index is 0.195. The van der Waals surface area contributed by atoms with Crippen LogP contribution in [0.25, 0.3) is 0 Å². The van der Waals surface area contributed by atoms with Crippen LogP contribution >= 0.6 is 11.6 Å². The predicted molar refractivity (Wildman–Crippen MR) is 58.0 cm³/mol. The summed E-state index contributed by atoms with van der Waals surface area (Å²) in [6, 6.07) is 4.66. The second kappa shape index (κ2) is 5.58. The summed E-state index contributed by atoms with van der Waals surface area (Å²) in [5.41, 5.74) is 6.27. The van der Waals surface area contributed by atoms with Gasteiger partial charge in [-0.2, -0.15) is 0 Å². The number of anilines is 1. The lowest BCUT2D eigenvalue weighted by molar-refractivity contribution is 0.0388. The van der Waals surface area contributed by atoms with Crippen LogP contribution in [0.2, 0.25) is 5.02 Å². The summed E-state index contributed by atoms with van der Waals surface area (Å²) < 4.78 is 9.65. The fourth-order valence-electron chi connectivity index (χ4n) is 0.995. The molecule has 5 heteroatoms. The Labute approximate surface area is 92.9 Å². The van der Waals surface area contributed by atoms with Crippen LogP contribution in [-0.2, 0) is 9.47 Å². The van der Waals surface area contributed by atoms with Crippen molar-refractivity contribution in [2.75, 3.05) is 26.1 Å². The molecule has 15 heavy (non-hydrogen) atoms. The molecule has 0 aromatic heterocycles. The maximum absolute atomic E-state index is 11.5. The van der Waals surface area contributed by atoms with E-state index in [4.69, 9.17) is 26.8 Å². The molecule has 0 saturated heterocycles. The molecule has 2 N–H and O–H groups in total. The number of esters is 1. The van der Waals surface area contributed by atoms with Gasteiger partial charge in [0, 0.05) is 12.8 Å². The van der Waals surface area contributed by atoms with Crippen molar-refractivity contribution in [3.05, 3.63) is 28.8 Å². The lowest BCUT2D eigenvalue weighted by atomic mass is 10.2. The first kappa shape index (κ1) is 11.8. The highest BCUT2D eigenvalue weighted by molar-refractivity contribution is 6.33. The fraction of sp³-hybridized carbons (Fsp3) is 0.300. The number of halogens is 1. The van der Waals surface area contributed by atoms with Gasteiger partial charge in [0.15, 0.2) is 0 Å². The molecule has 0 fully saturated rings. The Hall–Kier alpha value is -1.26. The van der Waals surface area contributed by atoms with Crippen LogP contribution in [-0.4, -0.2) is 26.3 Å². The van der Waals surface area contributed by atoms with E-state index in [1.54, 1.807) is 12.1 Å². The van der Waals surface area contributed by atoms with Gasteiger partial charge in [-0.15, -0.1) is 0 Å². The van der Waals surface area contributed by atoms with Crippen molar-refractivity contribution in [3.63, 3.8) is 0 Å². The summed E-state index contributed by atoms with van der Waals surface area (Å²) in [6.07, 6.45) is 0. The van der Waals surface area contributed by atoms with E-state index in [9.17, 15) is 4.79 Å². The summed E-state index contributed by atoms with van der Waals surface area (Å²) in [7, 11) is 1.53. The number of carbonyl (C=O) groups excluding carboxylic acids is 1. The number of benzene rings is 1. The number of nitrogens with two attached hydrogens (primary N) is 1. The van der Waals surface area contributed by atoms with E-state index in [2.05, 4.69) is 0 Å². The number of ether oxygens (including phenoxy) is 2. The molecule has 1 aromatic rings. The average Bonchev–Trinajstić information content (AvgIpc) is 2.22. The van der Waals surface area contributed by atoms with Crippen LogP contribution in [0.3, 0.4) is 0 Å². The largest absolute Gasteiger partial charge is 0.460 e. The molecule has 0 aliphatic heterocycles. The van der Waals surface area contributed by atoms with E-state index in [0.29, 0.717) is 17.3 Å². The van der Waals surface area contributed by atoms with Crippen molar-refractivity contribution in [2.45, 2.75) is 0 Å². The summed E-state index contributed by atoms with van der Waals surface area (Å²) in [4.78, 5) is 11.5. The topological polar surface area (TPSA) is 61.5 Å². The van der Waals surface area contributed by atoms with Gasteiger partial charge in [-0.25, -0.2) is 4.79 Å². The predicted octanol–water partition coefficient (Wildman–Crippen LogP) is 1.73. The van der Waals surface area contributed by atoms with Gasteiger partial charge in [-0.1, -0.05) is 11.6 Å². The normalized spacial score (nSPS) is 10.0. The van der Waals surface area contributed by atoms with Crippen LogP contribution in [0, 0.1) is 0 Å². The van der Waals surface area contributed by atoms with E-state index in [1.165, 1.54) is 13.2 Å². The van der Waals surface area contributed by atoms with Gasteiger partial charge in [0.2, 0.25) is 0 Å². The maximum atomic E-state index is 11.5. The third-order valence-corrected chi connectivity index (χ3v) is 2.06. The zero-order valence-corrected chi connectivity index (χ0v) is 9.08. The van der Waals surface area contributed by atoms with Crippen molar-refractivity contribution in [1.82, 2.24) is 0 Å². The van der Waals surface area contributed by atoms with Crippen molar-refractivity contribution in [2.24, 2.45) is 0 Å². The van der Waals surface area contributed by atoms with Crippen LogP contribution in [0.15, 0.2) is 18.2 Å². The van der Waals surface area contributed by atoms with Gasteiger partial charge in [0.1, 0.15) is 6.61 Å². The Balaban J connectivity index is 2.68. The molecule has 0 aliphatic carbocycles. The van der Waals surface area contributed by atoms with E-state index in [0.717, 1.165) is 0 Å². The quantitative estimate of drug-likeness (QED) is 0.485.